The van der Waals surface area contributed by atoms with Crippen molar-refractivity contribution in [3.8, 4) is 0 Å². The first-order chi connectivity index (χ1) is 10.8. The second-order valence-electron chi connectivity index (χ2n) is 7.47. The van der Waals surface area contributed by atoms with E-state index in [1.807, 2.05) is 0 Å². The Morgan fingerprint density at radius 3 is 2.43 bits per heavy atom. The van der Waals surface area contributed by atoms with Crippen molar-refractivity contribution in [1.29, 1.82) is 0 Å². The molecule has 1 aromatic carbocycles. The number of amides is 2. The molecule has 1 unspecified atom stereocenters. The van der Waals surface area contributed by atoms with Gasteiger partial charge in [-0.05, 0) is 29.4 Å². The van der Waals surface area contributed by atoms with Crippen LogP contribution >= 0.6 is 0 Å². The zero-order valence-electron chi connectivity index (χ0n) is 14.7. The van der Waals surface area contributed by atoms with E-state index < -0.39 is 0 Å². The first kappa shape index (κ1) is 17.5. The molecule has 4 heteroatoms. The first-order valence-corrected chi connectivity index (χ1v) is 8.40. The van der Waals surface area contributed by atoms with Crippen LogP contribution in [0.5, 0.6) is 0 Å². The van der Waals surface area contributed by atoms with Crippen LogP contribution in [0.2, 0.25) is 0 Å². The van der Waals surface area contributed by atoms with E-state index in [1.165, 1.54) is 5.56 Å². The second kappa shape index (κ2) is 7.16. The average Bonchev–Trinajstić information content (AvgIpc) is 2.52. The lowest BCUT2D eigenvalue weighted by molar-refractivity contribution is -0.134. The number of hydrogen-bond acceptors (Lipinski definition) is 2. The topological polar surface area (TPSA) is 49.4 Å². The average molecular weight is 316 g/mol. The number of benzene rings is 1. The molecule has 0 spiro atoms. The molecular weight excluding hydrogens is 288 g/mol. The zero-order valence-corrected chi connectivity index (χ0v) is 14.7. The highest BCUT2D eigenvalue weighted by molar-refractivity contribution is 5.80. The molecule has 1 N–H and O–H groups in total. The van der Waals surface area contributed by atoms with Gasteiger partial charge in [0.05, 0.1) is 5.92 Å². The molecule has 1 saturated heterocycles. The summed E-state index contributed by atoms with van der Waals surface area (Å²) in [6, 6.07) is 8.40. The standard InChI is InChI=1S/C19H28N2O2/c1-14(22)21-11-5-6-16(13-21)18(23)20-12-15-7-9-17(10-8-15)19(2,3)4/h7-10,16H,5-6,11-13H2,1-4H3,(H,20,23). The third-order valence-corrected chi connectivity index (χ3v) is 4.52. The Morgan fingerprint density at radius 1 is 1.22 bits per heavy atom. The minimum absolute atomic E-state index is 0.0517. The van der Waals surface area contributed by atoms with Gasteiger partial charge in [0.2, 0.25) is 11.8 Å². The molecule has 1 atom stereocenters. The molecule has 1 aliphatic heterocycles. The number of nitrogens with one attached hydrogen (secondary N) is 1. The maximum atomic E-state index is 12.3. The summed E-state index contributed by atoms with van der Waals surface area (Å²) >= 11 is 0. The van der Waals surface area contributed by atoms with Gasteiger partial charge in [0.25, 0.3) is 0 Å². The van der Waals surface area contributed by atoms with Gasteiger partial charge in [0.1, 0.15) is 0 Å². The molecule has 23 heavy (non-hydrogen) atoms. The molecule has 0 saturated carbocycles. The zero-order chi connectivity index (χ0) is 17.0. The van der Waals surface area contributed by atoms with Crippen molar-refractivity contribution in [3.05, 3.63) is 35.4 Å². The van der Waals surface area contributed by atoms with Crippen LogP contribution in [0.1, 0.15) is 51.7 Å². The lowest BCUT2D eigenvalue weighted by Crippen LogP contribution is -2.44. The molecule has 4 nitrogen and oxygen atoms in total. The van der Waals surface area contributed by atoms with E-state index in [0.29, 0.717) is 13.1 Å². The normalized spacial score (nSPS) is 18.6. The Kier molecular flexibility index (Phi) is 5.45. The lowest BCUT2D eigenvalue weighted by Gasteiger charge is -2.31. The summed E-state index contributed by atoms with van der Waals surface area (Å²) in [5.74, 6) is 0.0256. The van der Waals surface area contributed by atoms with Crippen molar-refractivity contribution in [2.24, 2.45) is 5.92 Å². The molecular formula is C19H28N2O2. The van der Waals surface area contributed by atoms with Crippen LogP contribution in [0.4, 0.5) is 0 Å². The highest BCUT2D eigenvalue weighted by Gasteiger charge is 2.26. The van der Waals surface area contributed by atoms with Gasteiger partial charge in [-0.1, -0.05) is 45.0 Å². The fraction of sp³-hybridized carbons (Fsp3) is 0.579. The molecule has 126 valence electrons. The summed E-state index contributed by atoms with van der Waals surface area (Å²) in [6.07, 6.45) is 1.76. The molecule has 0 aliphatic carbocycles. The first-order valence-electron chi connectivity index (χ1n) is 8.40. The SMILES string of the molecule is CC(=O)N1CCCC(C(=O)NCc2ccc(C(C)(C)C)cc2)C1. The third-order valence-electron chi connectivity index (χ3n) is 4.52. The summed E-state index contributed by atoms with van der Waals surface area (Å²) in [5, 5.41) is 3.01. The van der Waals surface area contributed by atoms with Crippen molar-refractivity contribution in [2.45, 2.75) is 52.5 Å². The maximum Gasteiger partial charge on any atom is 0.225 e. The molecule has 0 aromatic heterocycles. The molecule has 1 aromatic rings. The number of likely N-dealkylation sites (tertiary alicyclic amines) is 1. The van der Waals surface area contributed by atoms with Crippen LogP contribution in [-0.4, -0.2) is 29.8 Å². The molecule has 1 heterocycles. The number of nitrogens with zero attached hydrogens (tertiary/aromatic N) is 1. The Morgan fingerprint density at radius 2 is 1.87 bits per heavy atom. The lowest BCUT2D eigenvalue weighted by atomic mass is 9.87. The Hall–Kier alpha value is -1.84. The Labute approximate surface area is 139 Å². The minimum atomic E-state index is -0.0819. The van der Waals surface area contributed by atoms with Crippen LogP contribution < -0.4 is 5.32 Å². The van der Waals surface area contributed by atoms with Crippen LogP contribution in [0.3, 0.4) is 0 Å². The summed E-state index contributed by atoms with van der Waals surface area (Å²) in [6.45, 7) is 9.99. The largest absolute Gasteiger partial charge is 0.352 e. The van der Waals surface area contributed by atoms with Gasteiger partial charge in [-0.2, -0.15) is 0 Å². The van der Waals surface area contributed by atoms with Crippen molar-refractivity contribution in [3.63, 3.8) is 0 Å². The van der Waals surface area contributed by atoms with Gasteiger partial charge in [0.15, 0.2) is 0 Å². The van der Waals surface area contributed by atoms with Crippen LogP contribution in [0.25, 0.3) is 0 Å². The van der Waals surface area contributed by atoms with E-state index in [9.17, 15) is 9.59 Å². The molecule has 0 bridgehead atoms. The van der Waals surface area contributed by atoms with Crippen LogP contribution in [-0.2, 0) is 21.5 Å². The van der Waals surface area contributed by atoms with Gasteiger partial charge in [0, 0.05) is 26.6 Å². The smallest absolute Gasteiger partial charge is 0.225 e. The summed E-state index contributed by atoms with van der Waals surface area (Å²) < 4.78 is 0. The molecule has 1 aliphatic rings. The fourth-order valence-corrected chi connectivity index (χ4v) is 2.93. The molecule has 2 rings (SSSR count). The third kappa shape index (κ3) is 4.81. The Bertz CT molecular complexity index is 558. The van der Waals surface area contributed by atoms with E-state index in [-0.39, 0.29) is 23.1 Å². The monoisotopic (exact) mass is 316 g/mol. The number of rotatable bonds is 3. The quantitative estimate of drug-likeness (QED) is 0.932. The van der Waals surface area contributed by atoms with Gasteiger partial charge >= 0.3 is 0 Å². The van der Waals surface area contributed by atoms with Gasteiger partial charge in [-0.3, -0.25) is 9.59 Å². The van der Waals surface area contributed by atoms with Crippen molar-refractivity contribution < 1.29 is 9.59 Å². The van der Waals surface area contributed by atoms with Crippen molar-refractivity contribution in [1.82, 2.24) is 10.2 Å². The van der Waals surface area contributed by atoms with Gasteiger partial charge in [-0.15, -0.1) is 0 Å². The van der Waals surface area contributed by atoms with E-state index in [1.54, 1.807) is 11.8 Å². The van der Waals surface area contributed by atoms with E-state index in [2.05, 4.69) is 50.4 Å². The minimum Gasteiger partial charge on any atom is -0.352 e. The number of hydrogen-bond donors (Lipinski definition) is 1. The molecule has 1 fully saturated rings. The number of carbonyl (C=O) groups is 2. The summed E-state index contributed by atoms with van der Waals surface area (Å²) in [4.78, 5) is 25.5. The summed E-state index contributed by atoms with van der Waals surface area (Å²) in [5.41, 5.74) is 2.53. The van der Waals surface area contributed by atoms with E-state index in [0.717, 1.165) is 24.9 Å². The number of carbonyl (C=O) groups excluding carboxylic acids is 2. The summed E-state index contributed by atoms with van der Waals surface area (Å²) in [7, 11) is 0. The molecule has 0 radical (unpaired) electrons. The molecule has 2 amide bonds. The number of piperidine rings is 1. The Balaban J connectivity index is 1.88. The van der Waals surface area contributed by atoms with Gasteiger partial charge < -0.3 is 10.2 Å². The van der Waals surface area contributed by atoms with Crippen molar-refractivity contribution in [2.75, 3.05) is 13.1 Å². The van der Waals surface area contributed by atoms with Crippen LogP contribution in [0.15, 0.2) is 24.3 Å². The predicted molar refractivity (Wildman–Crippen MR) is 92.0 cm³/mol. The van der Waals surface area contributed by atoms with E-state index in [4.69, 9.17) is 0 Å². The maximum absolute atomic E-state index is 12.3. The van der Waals surface area contributed by atoms with Crippen molar-refractivity contribution >= 4 is 11.8 Å². The highest BCUT2D eigenvalue weighted by atomic mass is 16.2. The van der Waals surface area contributed by atoms with Crippen LogP contribution in [0, 0.1) is 5.92 Å². The second-order valence-corrected chi connectivity index (χ2v) is 7.47. The predicted octanol–water partition coefficient (Wildman–Crippen LogP) is 2.86. The van der Waals surface area contributed by atoms with Gasteiger partial charge in [-0.25, -0.2) is 0 Å². The highest BCUT2D eigenvalue weighted by Crippen LogP contribution is 2.22. The fourth-order valence-electron chi connectivity index (χ4n) is 2.93. The van der Waals surface area contributed by atoms with E-state index >= 15 is 0 Å².